The van der Waals surface area contributed by atoms with Gasteiger partial charge in [0.25, 0.3) is 0 Å². The third kappa shape index (κ3) is 1.85. The Morgan fingerprint density at radius 3 is 2.33 bits per heavy atom. The molecule has 0 aromatic heterocycles. The van der Waals surface area contributed by atoms with Crippen LogP contribution in [-0.2, 0) is 28.3 Å². The molecule has 62 valence electrons. The zero-order valence-electron chi connectivity index (χ0n) is 5.76. The van der Waals surface area contributed by atoms with Gasteiger partial charge in [0, 0.05) is 6.08 Å². The molecule has 1 aliphatic heterocycles. The lowest BCUT2D eigenvalue weighted by Crippen LogP contribution is -2.17. The molecule has 0 aromatic rings. The number of rotatable bonds is 3. The van der Waals surface area contributed by atoms with Gasteiger partial charge in [0.1, 0.15) is 6.29 Å². The minimum Gasteiger partial charge on any atom is -0.496 e. The van der Waals surface area contributed by atoms with Crippen molar-refractivity contribution in [3.63, 3.8) is 0 Å². The number of carbonyl (C=O) groups excluding carboxylic acids is 3. The summed E-state index contributed by atoms with van der Waals surface area (Å²) in [4.78, 5) is 30.4. The van der Waals surface area contributed by atoms with Gasteiger partial charge in [0.2, 0.25) is 0 Å². The summed E-state index contributed by atoms with van der Waals surface area (Å²) < 4.78 is 12.9. The summed E-state index contributed by atoms with van der Waals surface area (Å²) in [6.07, 6.45) is 2.42. The summed E-state index contributed by atoms with van der Waals surface area (Å²) >= 11 is 0. The molecule has 1 aliphatic rings. The smallest absolute Gasteiger partial charge is 0.496 e. The molecule has 1 heterocycles. The summed E-state index contributed by atoms with van der Waals surface area (Å²) in [6, 6.07) is 0. The first-order valence-electron chi connectivity index (χ1n) is 2.91. The highest BCUT2D eigenvalue weighted by Gasteiger charge is 2.44. The second-order valence-electron chi connectivity index (χ2n) is 1.70. The van der Waals surface area contributed by atoms with Crippen LogP contribution in [0.3, 0.4) is 0 Å². The summed E-state index contributed by atoms with van der Waals surface area (Å²) in [5.74, 6) is -2.22. The third-order valence-corrected chi connectivity index (χ3v) is 0.920. The van der Waals surface area contributed by atoms with E-state index in [0.717, 1.165) is 12.3 Å². The van der Waals surface area contributed by atoms with Gasteiger partial charge in [-0.25, -0.2) is 9.59 Å². The largest absolute Gasteiger partial charge is 0.868 e. The van der Waals surface area contributed by atoms with Crippen LogP contribution in [0.5, 0.6) is 0 Å². The van der Waals surface area contributed by atoms with E-state index in [4.69, 9.17) is 0 Å². The van der Waals surface area contributed by atoms with Gasteiger partial charge in [-0.05, 0) is 0 Å². The van der Waals surface area contributed by atoms with Crippen molar-refractivity contribution in [2.45, 2.75) is 0 Å². The van der Waals surface area contributed by atoms with Crippen LogP contribution in [0.15, 0.2) is 12.3 Å². The van der Waals surface area contributed by atoms with Crippen molar-refractivity contribution in [2.24, 2.45) is 0 Å². The van der Waals surface area contributed by atoms with E-state index in [1.807, 2.05) is 0 Å². The normalized spacial score (nSPS) is 16.2. The molecule has 6 nitrogen and oxygen atoms in total. The third-order valence-electron chi connectivity index (χ3n) is 0.920. The quantitative estimate of drug-likeness (QED) is 0.174. The van der Waals surface area contributed by atoms with Crippen LogP contribution in [0.4, 0.5) is 0 Å². The Morgan fingerprint density at radius 1 is 1.25 bits per heavy atom. The lowest BCUT2D eigenvalue weighted by Gasteiger charge is -1.96. The zero-order chi connectivity index (χ0) is 8.97. The van der Waals surface area contributed by atoms with Crippen molar-refractivity contribution in [1.82, 2.24) is 0 Å². The van der Waals surface area contributed by atoms with Gasteiger partial charge in [-0.15, -0.1) is 0 Å². The van der Waals surface area contributed by atoms with E-state index in [2.05, 4.69) is 14.0 Å². The number of aldehydes is 1. The molecular formula is C5H3BO6. The van der Waals surface area contributed by atoms with Crippen molar-refractivity contribution in [3.05, 3.63) is 12.3 Å². The lowest BCUT2D eigenvalue weighted by molar-refractivity contribution is -0.150. The minimum atomic E-state index is -1.37. The predicted octanol–water partition coefficient (Wildman–Crippen LogP) is -1.20. The first-order chi connectivity index (χ1) is 5.74. The molecule has 0 bridgehead atoms. The van der Waals surface area contributed by atoms with Crippen LogP contribution in [0, 0.1) is 0 Å². The summed E-state index contributed by atoms with van der Waals surface area (Å²) in [5.41, 5.74) is 0. The van der Waals surface area contributed by atoms with Crippen LogP contribution in [0.1, 0.15) is 0 Å². The van der Waals surface area contributed by atoms with Crippen LogP contribution >= 0.6 is 0 Å². The van der Waals surface area contributed by atoms with E-state index in [-0.39, 0.29) is 0 Å². The molecule has 12 heavy (non-hydrogen) atoms. The van der Waals surface area contributed by atoms with Gasteiger partial charge >= 0.3 is 19.3 Å². The predicted molar refractivity (Wildman–Crippen MR) is 34.2 cm³/mol. The maximum absolute atomic E-state index is 10.3. The topological polar surface area (TPSA) is 78.9 Å². The fourth-order valence-electron chi connectivity index (χ4n) is 0.492. The van der Waals surface area contributed by atoms with Crippen molar-refractivity contribution >= 4 is 25.5 Å². The van der Waals surface area contributed by atoms with E-state index in [9.17, 15) is 14.4 Å². The first kappa shape index (κ1) is 8.31. The van der Waals surface area contributed by atoms with Gasteiger partial charge in [0.05, 0.1) is 6.26 Å². The highest BCUT2D eigenvalue weighted by molar-refractivity contribution is 6.55. The van der Waals surface area contributed by atoms with Crippen LogP contribution < -0.4 is 0 Å². The van der Waals surface area contributed by atoms with Crippen LogP contribution in [-0.4, -0.2) is 25.5 Å². The molecule has 1 saturated heterocycles. The van der Waals surface area contributed by atoms with Crippen LogP contribution in [0.25, 0.3) is 0 Å². The number of hydrogen-bond acceptors (Lipinski definition) is 6. The van der Waals surface area contributed by atoms with Crippen molar-refractivity contribution in [2.75, 3.05) is 0 Å². The molecule has 0 radical (unpaired) electrons. The Hall–Kier alpha value is -1.79. The minimum absolute atomic E-state index is 0.457. The maximum Gasteiger partial charge on any atom is 0.868 e. The van der Waals surface area contributed by atoms with Gasteiger partial charge in [-0.3, -0.25) is 4.79 Å². The second kappa shape index (κ2) is 3.56. The summed E-state index contributed by atoms with van der Waals surface area (Å²) in [6.45, 7) is 0. The molecular weight excluding hydrogens is 167 g/mol. The van der Waals surface area contributed by atoms with Gasteiger partial charge in [0.15, 0.2) is 0 Å². The molecule has 1 fully saturated rings. The fourth-order valence-corrected chi connectivity index (χ4v) is 0.492. The van der Waals surface area contributed by atoms with E-state index >= 15 is 0 Å². The fraction of sp³-hybridized carbons (Fsp3) is 0. The van der Waals surface area contributed by atoms with E-state index < -0.39 is 19.3 Å². The van der Waals surface area contributed by atoms with E-state index in [1.54, 1.807) is 0 Å². The van der Waals surface area contributed by atoms with E-state index in [0.29, 0.717) is 6.29 Å². The summed E-state index contributed by atoms with van der Waals surface area (Å²) in [7, 11) is -1.37. The maximum atomic E-state index is 10.3. The van der Waals surface area contributed by atoms with Gasteiger partial charge in [-0.2, -0.15) is 0 Å². The average Bonchev–Trinajstić information content (AvgIpc) is 2.32. The Labute approximate surface area is 67.3 Å². The average molecular weight is 170 g/mol. The molecule has 0 unspecified atom stereocenters. The molecule has 0 N–H and O–H groups in total. The first-order valence-corrected chi connectivity index (χ1v) is 2.91. The number of hydrogen-bond donors (Lipinski definition) is 0. The molecule has 0 amide bonds. The number of carbonyl (C=O) groups is 3. The molecule has 0 atom stereocenters. The molecule has 0 saturated carbocycles. The van der Waals surface area contributed by atoms with Crippen LogP contribution in [0.2, 0.25) is 0 Å². The van der Waals surface area contributed by atoms with Gasteiger partial charge < -0.3 is 14.0 Å². The zero-order valence-corrected chi connectivity index (χ0v) is 5.76. The monoisotopic (exact) mass is 170 g/mol. The SMILES string of the molecule is O=CC=COB1OC(=O)C(=O)O1. The molecule has 0 aliphatic carbocycles. The Kier molecular flexibility index (Phi) is 2.47. The van der Waals surface area contributed by atoms with Crippen molar-refractivity contribution < 1.29 is 28.3 Å². The standard InChI is InChI=1S/C5H3BO6/c7-2-1-3-10-6-11-4(8)5(9)12-6/h1-3H. The molecule has 0 spiro atoms. The Bertz CT molecular complexity index is 230. The molecule has 7 heteroatoms. The lowest BCUT2D eigenvalue weighted by atomic mass is 10.2. The Balaban J connectivity index is 2.37. The number of allylic oxidation sites excluding steroid dienone is 1. The highest BCUT2D eigenvalue weighted by Crippen LogP contribution is 2.03. The van der Waals surface area contributed by atoms with Crippen molar-refractivity contribution in [1.29, 1.82) is 0 Å². The second-order valence-corrected chi connectivity index (χ2v) is 1.70. The molecule has 0 aromatic carbocycles. The highest BCUT2D eigenvalue weighted by atomic mass is 16.8. The summed E-state index contributed by atoms with van der Waals surface area (Å²) in [5, 5.41) is 0. The Morgan fingerprint density at radius 2 is 1.83 bits per heavy atom. The van der Waals surface area contributed by atoms with E-state index in [1.165, 1.54) is 0 Å². The molecule has 1 rings (SSSR count). The van der Waals surface area contributed by atoms with Crippen molar-refractivity contribution in [3.8, 4) is 0 Å². The van der Waals surface area contributed by atoms with Gasteiger partial charge in [-0.1, -0.05) is 0 Å².